The molecule has 0 unspecified atom stereocenters. The Morgan fingerprint density at radius 2 is 1.88 bits per heavy atom. The summed E-state index contributed by atoms with van der Waals surface area (Å²) in [7, 11) is 0. The van der Waals surface area contributed by atoms with Crippen molar-refractivity contribution in [2.24, 2.45) is 0 Å². The van der Waals surface area contributed by atoms with Gasteiger partial charge in [0.2, 0.25) is 5.91 Å². The predicted octanol–water partition coefficient (Wildman–Crippen LogP) is 3.11. The van der Waals surface area contributed by atoms with Crippen LogP contribution < -0.4 is 5.32 Å². The quantitative estimate of drug-likeness (QED) is 0.810. The van der Waals surface area contributed by atoms with Crippen molar-refractivity contribution in [1.29, 1.82) is 0 Å². The number of nitrogens with one attached hydrogen (secondary N) is 1. The molecular weight excluding hydrogens is 198 g/mol. The highest BCUT2D eigenvalue weighted by atomic mass is 16.1. The minimum Gasteiger partial charge on any atom is -0.326 e. The van der Waals surface area contributed by atoms with Crippen molar-refractivity contribution < 1.29 is 4.79 Å². The molecule has 16 heavy (non-hydrogen) atoms. The molecule has 0 heterocycles. The molecule has 2 heteroatoms. The van der Waals surface area contributed by atoms with Crippen molar-refractivity contribution in [3.63, 3.8) is 0 Å². The van der Waals surface area contributed by atoms with E-state index in [-0.39, 0.29) is 5.91 Å². The maximum absolute atomic E-state index is 11.1. The highest BCUT2D eigenvalue weighted by Gasteiger charge is 2.04. The maximum Gasteiger partial charge on any atom is 0.221 e. The molecule has 2 nitrogen and oxygen atoms in total. The van der Waals surface area contributed by atoms with E-state index in [1.807, 2.05) is 48.5 Å². The summed E-state index contributed by atoms with van der Waals surface area (Å²) in [5.41, 5.74) is 2.78. The molecule has 0 fully saturated rings. The highest BCUT2D eigenvalue weighted by molar-refractivity contribution is 5.93. The molecule has 0 saturated heterocycles. The van der Waals surface area contributed by atoms with Crippen molar-refractivity contribution in [1.82, 2.24) is 0 Å². The predicted molar refractivity (Wildman–Crippen MR) is 65.0 cm³/mol. The van der Waals surface area contributed by atoms with Crippen molar-refractivity contribution in [2.45, 2.75) is 6.92 Å². The Bertz CT molecular complexity index is 491. The topological polar surface area (TPSA) is 29.1 Å². The average Bonchev–Trinajstić information content (AvgIpc) is 2.30. The largest absolute Gasteiger partial charge is 0.326 e. The van der Waals surface area contributed by atoms with Crippen molar-refractivity contribution in [3.05, 3.63) is 54.6 Å². The summed E-state index contributed by atoms with van der Waals surface area (Å²) in [5.74, 6) is -0.0663. The first-order valence-electron chi connectivity index (χ1n) is 5.11. The van der Waals surface area contributed by atoms with Crippen LogP contribution >= 0.6 is 0 Å². The minimum absolute atomic E-state index is 0.0663. The zero-order valence-corrected chi connectivity index (χ0v) is 9.03. The molecule has 0 spiro atoms. The van der Waals surface area contributed by atoms with Crippen LogP contribution in [0.25, 0.3) is 11.1 Å². The number of carbonyl (C=O) groups is 1. The molecule has 1 radical (unpaired) electrons. The molecule has 79 valence electrons. The van der Waals surface area contributed by atoms with Crippen LogP contribution in [0.15, 0.2) is 48.5 Å². The second kappa shape index (κ2) is 4.62. The number of benzene rings is 2. The Morgan fingerprint density at radius 3 is 2.56 bits per heavy atom. The second-order valence-corrected chi connectivity index (χ2v) is 3.50. The number of para-hydroxylation sites is 1. The van der Waals surface area contributed by atoms with Gasteiger partial charge < -0.3 is 5.32 Å². The van der Waals surface area contributed by atoms with Gasteiger partial charge in [0, 0.05) is 18.2 Å². The van der Waals surface area contributed by atoms with Gasteiger partial charge in [0.1, 0.15) is 0 Å². The van der Waals surface area contributed by atoms with Gasteiger partial charge in [0.15, 0.2) is 0 Å². The molecule has 1 N–H and O–H groups in total. The van der Waals surface area contributed by atoms with E-state index in [2.05, 4.69) is 11.4 Å². The fourth-order valence-electron chi connectivity index (χ4n) is 1.58. The van der Waals surface area contributed by atoms with Crippen LogP contribution in [0.4, 0.5) is 5.69 Å². The molecule has 2 aromatic rings. The van der Waals surface area contributed by atoms with Crippen LogP contribution in [-0.2, 0) is 4.79 Å². The van der Waals surface area contributed by atoms with Crippen LogP contribution in [0.3, 0.4) is 0 Å². The molecule has 0 aliphatic heterocycles. The van der Waals surface area contributed by atoms with Gasteiger partial charge in [-0.05, 0) is 17.7 Å². The Balaban J connectivity index is 2.44. The van der Waals surface area contributed by atoms with Crippen molar-refractivity contribution in [3.8, 4) is 11.1 Å². The van der Waals surface area contributed by atoms with Crippen molar-refractivity contribution in [2.75, 3.05) is 5.32 Å². The van der Waals surface area contributed by atoms with E-state index in [0.29, 0.717) is 0 Å². The molecule has 2 aromatic carbocycles. The van der Waals surface area contributed by atoms with E-state index in [4.69, 9.17) is 0 Å². The lowest BCUT2D eigenvalue weighted by atomic mass is 10.0. The third kappa shape index (κ3) is 2.28. The van der Waals surface area contributed by atoms with Crippen LogP contribution in [-0.4, -0.2) is 5.91 Å². The minimum atomic E-state index is -0.0663. The summed E-state index contributed by atoms with van der Waals surface area (Å²) in [4.78, 5) is 11.1. The summed E-state index contributed by atoms with van der Waals surface area (Å²) in [6.07, 6.45) is 0. The Kier molecular flexibility index (Phi) is 3.01. The molecule has 0 saturated carbocycles. The summed E-state index contributed by atoms with van der Waals surface area (Å²) < 4.78 is 0. The molecule has 0 aromatic heterocycles. The Hall–Kier alpha value is -2.09. The van der Waals surface area contributed by atoms with E-state index >= 15 is 0 Å². The van der Waals surface area contributed by atoms with Gasteiger partial charge in [0.25, 0.3) is 0 Å². The maximum atomic E-state index is 11.1. The number of carbonyl (C=O) groups excluding carboxylic acids is 1. The standard InChI is InChI=1S/C14H12NO/c1-11(16)15-14-10-6-5-9-13(14)12-7-3-2-4-8-12/h2-7,9-10H,1H3,(H,15,16). The van der Waals surface area contributed by atoms with Gasteiger partial charge in [-0.3, -0.25) is 4.79 Å². The second-order valence-electron chi connectivity index (χ2n) is 3.50. The molecule has 0 atom stereocenters. The first kappa shape index (κ1) is 10.4. The van der Waals surface area contributed by atoms with Crippen molar-refractivity contribution >= 4 is 11.6 Å². The number of anilines is 1. The highest BCUT2D eigenvalue weighted by Crippen LogP contribution is 2.26. The average molecular weight is 210 g/mol. The van der Waals surface area contributed by atoms with E-state index in [1.165, 1.54) is 6.92 Å². The lowest BCUT2D eigenvalue weighted by Gasteiger charge is -2.09. The third-order valence-electron chi connectivity index (χ3n) is 2.24. The van der Waals surface area contributed by atoms with E-state index in [9.17, 15) is 4.79 Å². The Labute approximate surface area is 94.9 Å². The summed E-state index contributed by atoms with van der Waals surface area (Å²) in [6.45, 7) is 1.51. The van der Waals surface area contributed by atoms with Crippen LogP contribution in [0.1, 0.15) is 6.92 Å². The van der Waals surface area contributed by atoms with Gasteiger partial charge in [-0.2, -0.15) is 0 Å². The first-order chi connectivity index (χ1) is 7.77. The number of hydrogen-bond acceptors (Lipinski definition) is 1. The number of hydrogen-bond donors (Lipinski definition) is 1. The van der Waals surface area contributed by atoms with Gasteiger partial charge in [-0.1, -0.05) is 42.5 Å². The fraction of sp³-hybridized carbons (Fsp3) is 0.0714. The van der Waals surface area contributed by atoms with Gasteiger partial charge in [-0.15, -0.1) is 0 Å². The summed E-state index contributed by atoms with van der Waals surface area (Å²) in [6, 6.07) is 18.6. The summed E-state index contributed by atoms with van der Waals surface area (Å²) in [5, 5.41) is 2.81. The van der Waals surface area contributed by atoms with Gasteiger partial charge >= 0.3 is 0 Å². The number of rotatable bonds is 2. The monoisotopic (exact) mass is 210 g/mol. The van der Waals surface area contributed by atoms with Crippen LogP contribution in [0.2, 0.25) is 0 Å². The lowest BCUT2D eigenvalue weighted by Crippen LogP contribution is -2.06. The normalized spacial score (nSPS) is 9.81. The number of amides is 1. The van der Waals surface area contributed by atoms with Crippen LogP contribution in [0.5, 0.6) is 0 Å². The SMILES string of the molecule is CC(=O)Nc1ccccc1-c1[c]cccc1. The first-order valence-corrected chi connectivity index (χ1v) is 5.11. The third-order valence-corrected chi connectivity index (χ3v) is 2.24. The molecule has 0 aliphatic rings. The molecule has 0 bridgehead atoms. The fourth-order valence-corrected chi connectivity index (χ4v) is 1.58. The lowest BCUT2D eigenvalue weighted by molar-refractivity contribution is -0.114. The smallest absolute Gasteiger partial charge is 0.221 e. The molecular formula is C14H12NO. The summed E-state index contributed by atoms with van der Waals surface area (Å²) >= 11 is 0. The zero-order chi connectivity index (χ0) is 11.4. The molecule has 2 rings (SSSR count). The van der Waals surface area contributed by atoms with Gasteiger partial charge in [-0.25, -0.2) is 0 Å². The molecule has 0 aliphatic carbocycles. The van der Waals surface area contributed by atoms with Crippen LogP contribution in [0, 0.1) is 6.07 Å². The van der Waals surface area contributed by atoms with E-state index in [1.54, 1.807) is 0 Å². The molecule has 1 amide bonds. The Morgan fingerprint density at radius 1 is 1.12 bits per heavy atom. The van der Waals surface area contributed by atoms with E-state index < -0.39 is 0 Å². The van der Waals surface area contributed by atoms with Gasteiger partial charge in [0.05, 0.1) is 0 Å². The van der Waals surface area contributed by atoms with E-state index in [0.717, 1.165) is 16.8 Å². The zero-order valence-electron chi connectivity index (χ0n) is 9.03.